The maximum Gasteiger partial charge on any atom is 0.451 e. The van der Waals surface area contributed by atoms with E-state index in [1.807, 2.05) is 0 Å². The van der Waals surface area contributed by atoms with E-state index in [0.717, 1.165) is 7.05 Å². The van der Waals surface area contributed by atoms with E-state index in [1.54, 1.807) is 13.8 Å². The Kier molecular flexibility index (Phi) is 3.51. The molecule has 1 aliphatic rings. The molecule has 0 atom stereocenters. The summed E-state index contributed by atoms with van der Waals surface area (Å²) in [4.78, 5) is 4.95. The van der Waals surface area contributed by atoms with Crippen molar-refractivity contribution in [2.45, 2.75) is 37.8 Å². The Hall–Kier alpha value is -1.65. The zero-order valence-electron chi connectivity index (χ0n) is 11.5. The minimum Gasteiger partial charge on any atom is -0.389 e. The Morgan fingerprint density at radius 2 is 1.95 bits per heavy atom. The van der Waals surface area contributed by atoms with Gasteiger partial charge < -0.3 is 9.40 Å². The third-order valence-electron chi connectivity index (χ3n) is 2.87. The number of hydrogen-bond acceptors (Lipinski definition) is 6. The predicted molar refractivity (Wildman–Crippen MR) is 65.8 cm³/mol. The monoisotopic (exact) mass is 326 g/mol. The van der Waals surface area contributed by atoms with Crippen LogP contribution in [-0.2, 0) is 33.7 Å². The third-order valence-corrected chi connectivity index (χ3v) is 4.44. The van der Waals surface area contributed by atoms with Crippen LogP contribution in [0.4, 0.5) is 13.2 Å². The molecule has 0 fully saturated rings. The molecular formula is C10H13F3N4O3S. The molecule has 0 N–H and O–H groups in total. The van der Waals surface area contributed by atoms with Crippen molar-refractivity contribution in [2.75, 3.05) is 0 Å². The Bertz CT molecular complexity index is 691. The van der Waals surface area contributed by atoms with Crippen LogP contribution < -0.4 is 0 Å². The van der Waals surface area contributed by atoms with Gasteiger partial charge in [-0.05, 0) is 13.8 Å². The summed E-state index contributed by atoms with van der Waals surface area (Å²) in [6.07, 6.45) is -4.64. The van der Waals surface area contributed by atoms with Crippen molar-refractivity contribution < 1.29 is 26.4 Å². The van der Waals surface area contributed by atoms with Gasteiger partial charge in [-0.2, -0.15) is 13.2 Å². The molecule has 7 nitrogen and oxygen atoms in total. The summed E-state index contributed by atoms with van der Waals surface area (Å²) >= 11 is 0. The summed E-state index contributed by atoms with van der Waals surface area (Å²) in [5.41, 5.74) is -0.751. The highest BCUT2D eigenvalue weighted by Gasteiger charge is 2.40. The number of rotatable bonds is 2. The smallest absolute Gasteiger partial charge is 0.389 e. The number of nitrogens with zero attached hydrogens (tertiary/aromatic N) is 4. The second-order valence-electron chi connectivity index (χ2n) is 5.27. The fourth-order valence-electron chi connectivity index (χ4n) is 1.76. The van der Waals surface area contributed by atoms with Crippen LogP contribution in [0.3, 0.4) is 0 Å². The molecule has 0 bridgehead atoms. The van der Waals surface area contributed by atoms with Gasteiger partial charge in [0, 0.05) is 13.5 Å². The average Bonchev–Trinajstić information content (AvgIpc) is 2.82. The molecule has 0 aliphatic carbocycles. The van der Waals surface area contributed by atoms with Crippen molar-refractivity contribution in [1.29, 1.82) is 0 Å². The van der Waals surface area contributed by atoms with Crippen LogP contribution in [0.2, 0.25) is 0 Å². The molecule has 2 rings (SSSR count). The Labute approximate surface area is 118 Å². The first-order chi connectivity index (χ1) is 9.42. The maximum absolute atomic E-state index is 12.6. The molecule has 1 aliphatic heterocycles. The first kappa shape index (κ1) is 15.7. The van der Waals surface area contributed by atoms with Crippen LogP contribution in [0.5, 0.6) is 0 Å². The van der Waals surface area contributed by atoms with Crippen molar-refractivity contribution in [2.24, 2.45) is 12.2 Å². The lowest BCUT2D eigenvalue weighted by Crippen LogP contribution is -2.24. The largest absolute Gasteiger partial charge is 0.451 e. The average molecular weight is 326 g/mol. The molecular weight excluding hydrogens is 313 g/mol. The summed E-state index contributed by atoms with van der Waals surface area (Å²) in [5, 5.41) is 9.56. The van der Waals surface area contributed by atoms with Crippen LogP contribution in [0, 0.1) is 0 Å². The van der Waals surface area contributed by atoms with Crippen LogP contribution in [-0.4, -0.2) is 33.8 Å². The second kappa shape index (κ2) is 4.68. The summed E-state index contributed by atoms with van der Waals surface area (Å²) in [7, 11) is -2.84. The standard InChI is InChI=1S/C10H13F3N4O3S/c1-9(2)4-7(16-20-9)21(18,19)5-6-14-15-8(17(6)3)10(11,12)13/h4-5H2,1-3H3. The van der Waals surface area contributed by atoms with Gasteiger partial charge in [0.05, 0.1) is 0 Å². The molecule has 2 heterocycles. The minimum atomic E-state index is -4.69. The molecule has 0 radical (unpaired) electrons. The zero-order chi connectivity index (χ0) is 16.1. The third kappa shape index (κ3) is 3.17. The van der Waals surface area contributed by atoms with Gasteiger partial charge in [0.15, 0.2) is 5.04 Å². The first-order valence-electron chi connectivity index (χ1n) is 5.86. The molecule has 0 spiro atoms. The van der Waals surface area contributed by atoms with Gasteiger partial charge in [-0.1, -0.05) is 5.16 Å². The molecule has 0 amide bonds. The molecule has 118 valence electrons. The summed E-state index contributed by atoms with van der Waals surface area (Å²) in [5.74, 6) is -2.28. The first-order valence-corrected chi connectivity index (χ1v) is 7.51. The van der Waals surface area contributed by atoms with Gasteiger partial charge in [-0.15, -0.1) is 10.2 Å². The van der Waals surface area contributed by atoms with E-state index < -0.39 is 33.2 Å². The Morgan fingerprint density at radius 3 is 2.38 bits per heavy atom. The molecule has 0 saturated heterocycles. The van der Waals surface area contributed by atoms with Gasteiger partial charge in [0.25, 0.3) is 0 Å². The maximum atomic E-state index is 12.6. The van der Waals surface area contributed by atoms with Gasteiger partial charge in [-0.25, -0.2) is 8.42 Å². The van der Waals surface area contributed by atoms with Crippen LogP contribution in [0.15, 0.2) is 5.16 Å². The van der Waals surface area contributed by atoms with Crippen LogP contribution in [0.25, 0.3) is 0 Å². The van der Waals surface area contributed by atoms with Crippen molar-refractivity contribution in [1.82, 2.24) is 14.8 Å². The van der Waals surface area contributed by atoms with E-state index in [2.05, 4.69) is 15.4 Å². The lowest BCUT2D eigenvalue weighted by atomic mass is 10.1. The molecule has 0 saturated carbocycles. The van der Waals surface area contributed by atoms with Gasteiger partial charge >= 0.3 is 6.18 Å². The van der Waals surface area contributed by atoms with E-state index in [9.17, 15) is 21.6 Å². The van der Waals surface area contributed by atoms with Crippen molar-refractivity contribution in [3.63, 3.8) is 0 Å². The molecule has 1 aromatic rings. The van der Waals surface area contributed by atoms with Crippen LogP contribution >= 0.6 is 0 Å². The van der Waals surface area contributed by atoms with Crippen LogP contribution in [0.1, 0.15) is 31.9 Å². The van der Waals surface area contributed by atoms with E-state index in [0.29, 0.717) is 4.57 Å². The second-order valence-corrected chi connectivity index (χ2v) is 7.26. The highest BCUT2D eigenvalue weighted by atomic mass is 32.2. The van der Waals surface area contributed by atoms with Crippen molar-refractivity contribution in [3.05, 3.63) is 11.6 Å². The van der Waals surface area contributed by atoms with E-state index in [1.165, 1.54) is 0 Å². The van der Waals surface area contributed by atoms with Gasteiger partial charge in [0.1, 0.15) is 17.2 Å². The van der Waals surface area contributed by atoms with E-state index in [-0.39, 0.29) is 17.3 Å². The zero-order valence-corrected chi connectivity index (χ0v) is 12.3. The molecule has 0 unspecified atom stereocenters. The van der Waals surface area contributed by atoms with E-state index >= 15 is 0 Å². The number of halogens is 3. The fraction of sp³-hybridized carbons (Fsp3) is 0.700. The molecule has 1 aromatic heterocycles. The number of hydrogen-bond donors (Lipinski definition) is 0. The highest BCUT2D eigenvalue weighted by Crippen LogP contribution is 2.29. The summed E-state index contributed by atoms with van der Waals surface area (Å²) < 4.78 is 62.6. The number of alkyl halides is 3. The number of sulfone groups is 1. The van der Waals surface area contributed by atoms with Crippen molar-refractivity contribution >= 4 is 14.9 Å². The number of oxime groups is 1. The lowest BCUT2D eigenvalue weighted by molar-refractivity contribution is -0.147. The molecule has 11 heteroatoms. The van der Waals surface area contributed by atoms with Crippen molar-refractivity contribution in [3.8, 4) is 0 Å². The fourth-order valence-corrected chi connectivity index (χ4v) is 3.23. The van der Waals surface area contributed by atoms with E-state index in [4.69, 9.17) is 4.84 Å². The normalized spacial score (nSPS) is 18.5. The van der Waals surface area contributed by atoms with Gasteiger partial charge in [0.2, 0.25) is 15.7 Å². The predicted octanol–water partition coefficient (Wildman–Crippen LogP) is 1.26. The summed E-state index contributed by atoms with van der Waals surface area (Å²) in [6, 6.07) is 0. The topological polar surface area (TPSA) is 86.4 Å². The Balaban J connectivity index is 2.25. The molecule has 0 aromatic carbocycles. The Morgan fingerprint density at radius 1 is 1.33 bits per heavy atom. The van der Waals surface area contributed by atoms with Gasteiger partial charge in [-0.3, -0.25) is 0 Å². The highest BCUT2D eigenvalue weighted by molar-refractivity contribution is 8.05. The SMILES string of the molecule is Cn1c(CS(=O)(=O)C2=NOC(C)(C)C2)nnc1C(F)(F)F. The molecule has 21 heavy (non-hydrogen) atoms. The number of aromatic nitrogens is 3. The quantitative estimate of drug-likeness (QED) is 0.816. The minimum absolute atomic E-state index is 0.0549. The lowest BCUT2D eigenvalue weighted by Gasteiger charge is -2.13. The summed E-state index contributed by atoms with van der Waals surface area (Å²) in [6.45, 7) is 3.31.